The third-order valence-electron chi connectivity index (χ3n) is 3.54. The van der Waals surface area contributed by atoms with Crippen LogP contribution in [-0.4, -0.2) is 11.4 Å². The maximum absolute atomic E-state index is 13.0. The Labute approximate surface area is 107 Å². The minimum atomic E-state index is -0.167. The Hall–Kier alpha value is -0.600. The Morgan fingerprint density at radius 3 is 2.82 bits per heavy atom. The van der Waals surface area contributed by atoms with Crippen LogP contribution in [0.1, 0.15) is 36.8 Å². The summed E-state index contributed by atoms with van der Waals surface area (Å²) in [5.74, 6) is -0.167. The number of alkyl halides is 1. The van der Waals surface area contributed by atoms with E-state index in [0.29, 0.717) is 6.04 Å². The van der Waals surface area contributed by atoms with Crippen LogP contribution in [-0.2, 0) is 6.54 Å². The molecular weight excluding hydrogens is 237 g/mol. The summed E-state index contributed by atoms with van der Waals surface area (Å²) in [6.45, 7) is 2.72. The standard InChI is InChI=1S/C14H19ClFN/c1-10-8-12(16)7-6-11(10)9-17-14-5-3-2-4-13(14)15/h6-8,13-14,17H,2-5,9H2,1H3. The van der Waals surface area contributed by atoms with E-state index in [9.17, 15) is 4.39 Å². The van der Waals surface area contributed by atoms with Crippen molar-refractivity contribution in [2.75, 3.05) is 0 Å². The SMILES string of the molecule is Cc1cc(F)ccc1CNC1CCCCC1Cl. The second-order valence-electron chi connectivity index (χ2n) is 4.86. The minimum Gasteiger partial charge on any atom is -0.308 e. The van der Waals surface area contributed by atoms with E-state index in [1.165, 1.54) is 18.9 Å². The third kappa shape index (κ3) is 3.43. The van der Waals surface area contributed by atoms with Crippen molar-refractivity contribution >= 4 is 11.6 Å². The number of halogens is 2. The van der Waals surface area contributed by atoms with Gasteiger partial charge in [-0.15, -0.1) is 11.6 Å². The van der Waals surface area contributed by atoms with Gasteiger partial charge >= 0.3 is 0 Å². The van der Waals surface area contributed by atoms with E-state index in [1.54, 1.807) is 6.07 Å². The molecule has 1 N–H and O–H groups in total. The molecule has 1 fully saturated rings. The first-order valence-corrected chi connectivity index (χ1v) is 6.73. The highest BCUT2D eigenvalue weighted by molar-refractivity contribution is 6.21. The maximum atomic E-state index is 13.0. The molecule has 1 aliphatic carbocycles. The highest BCUT2D eigenvalue weighted by Gasteiger charge is 2.22. The van der Waals surface area contributed by atoms with Crippen LogP contribution in [0.15, 0.2) is 18.2 Å². The highest BCUT2D eigenvalue weighted by Crippen LogP contribution is 2.23. The van der Waals surface area contributed by atoms with Gasteiger partial charge in [-0.3, -0.25) is 0 Å². The van der Waals surface area contributed by atoms with Crippen LogP contribution in [0.4, 0.5) is 4.39 Å². The number of nitrogens with one attached hydrogen (secondary N) is 1. The van der Waals surface area contributed by atoms with Crippen LogP contribution < -0.4 is 5.32 Å². The lowest BCUT2D eigenvalue weighted by Crippen LogP contribution is -2.38. The van der Waals surface area contributed by atoms with Gasteiger partial charge in [0, 0.05) is 18.0 Å². The fourth-order valence-corrected chi connectivity index (χ4v) is 2.78. The summed E-state index contributed by atoms with van der Waals surface area (Å²) < 4.78 is 13.0. The first kappa shape index (κ1) is 12.8. The van der Waals surface area contributed by atoms with Gasteiger partial charge in [0.15, 0.2) is 0 Å². The van der Waals surface area contributed by atoms with Crippen molar-refractivity contribution in [3.63, 3.8) is 0 Å². The van der Waals surface area contributed by atoms with Gasteiger partial charge in [0.2, 0.25) is 0 Å². The van der Waals surface area contributed by atoms with Crippen LogP contribution in [0, 0.1) is 12.7 Å². The van der Waals surface area contributed by atoms with Gasteiger partial charge < -0.3 is 5.32 Å². The van der Waals surface area contributed by atoms with Crippen molar-refractivity contribution in [3.05, 3.63) is 35.1 Å². The van der Waals surface area contributed by atoms with Gasteiger partial charge in [-0.2, -0.15) is 0 Å². The molecule has 2 rings (SSSR count). The van der Waals surface area contributed by atoms with Gasteiger partial charge in [-0.25, -0.2) is 4.39 Å². The Bertz CT molecular complexity index is 380. The summed E-state index contributed by atoms with van der Waals surface area (Å²) in [7, 11) is 0. The second-order valence-corrected chi connectivity index (χ2v) is 5.42. The van der Waals surface area contributed by atoms with Crippen molar-refractivity contribution in [2.45, 2.75) is 50.6 Å². The van der Waals surface area contributed by atoms with E-state index in [1.807, 2.05) is 13.0 Å². The Morgan fingerprint density at radius 2 is 2.12 bits per heavy atom. The van der Waals surface area contributed by atoms with Gasteiger partial charge in [-0.05, 0) is 43.0 Å². The van der Waals surface area contributed by atoms with Crippen molar-refractivity contribution in [3.8, 4) is 0 Å². The molecule has 94 valence electrons. The average molecular weight is 256 g/mol. The van der Waals surface area contributed by atoms with E-state index >= 15 is 0 Å². The van der Waals surface area contributed by atoms with Crippen molar-refractivity contribution in [1.29, 1.82) is 0 Å². The van der Waals surface area contributed by atoms with E-state index < -0.39 is 0 Å². The molecule has 0 aromatic heterocycles. The molecule has 2 unspecified atom stereocenters. The lowest BCUT2D eigenvalue weighted by atomic mass is 9.94. The molecule has 1 aromatic carbocycles. The summed E-state index contributed by atoms with van der Waals surface area (Å²) in [4.78, 5) is 0. The topological polar surface area (TPSA) is 12.0 Å². The van der Waals surface area contributed by atoms with E-state index in [2.05, 4.69) is 5.32 Å². The molecule has 0 aliphatic heterocycles. The second kappa shape index (κ2) is 5.83. The highest BCUT2D eigenvalue weighted by atomic mass is 35.5. The van der Waals surface area contributed by atoms with Crippen LogP contribution in [0.25, 0.3) is 0 Å². The fraction of sp³-hybridized carbons (Fsp3) is 0.571. The Balaban J connectivity index is 1.92. The van der Waals surface area contributed by atoms with E-state index in [4.69, 9.17) is 11.6 Å². The molecular formula is C14H19ClFN. The van der Waals surface area contributed by atoms with Crippen molar-refractivity contribution in [1.82, 2.24) is 5.32 Å². The zero-order chi connectivity index (χ0) is 12.3. The summed E-state index contributed by atoms with van der Waals surface area (Å²) >= 11 is 6.29. The first-order chi connectivity index (χ1) is 8.16. The average Bonchev–Trinajstić information content (AvgIpc) is 2.30. The van der Waals surface area contributed by atoms with Gasteiger partial charge in [0.25, 0.3) is 0 Å². The normalized spacial score (nSPS) is 24.9. The van der Waals surface area contributed by atoms with E-state index in [0.717, 1.165) is 30.5 Å². The first-order valence-electron chi connectivity index (χ1n) is 6.29. The van der Waals surface area contributed by atoms with Crippen molar-refractivity contribution < 1.29 is 4.39 Å². The molecule has 0 amide bonds. The molecule has 0 heterocycles. The predicted octanol–water partition coefficient (Wildman–Crippen LogP) is 3.77. The van der Waals surface area contributed by atoms with Gasteiger partial charge in [0.1, 0.15) is 5.82 Å². The monoisotopic (exact) mass is 255 g/mol. The van der Waals surface area contributed by atoms with Crippen LogP contribution in [0.3, 0.4) is 0 Å². The molecule has 0 spiro atoms. The summed E-state index contributed by atoms with van der Waals surface area (Å²) in [6, 6.07) is 5.35. The summed E-state index contributed by atoms with van der Waals surface area (Å²) in [5.41, 5.74) is 2.15. The van der Waals surface area contributed by atoms with E-state index in [-0.39, 0.29) is 11.2 Å². The molecule has 3 heteroatoms. The molecule has 1 saturated carbocycles. The molecule has 0 radical (unpaired) electrons. The largest absolute Gasteiger partial charge is 0.308 e. The number of hydrogen-bond acceptors (Lipinski definition) is 1. The third-order valence-corrected chi connectivity index (χ3v) is 4.06. The van der Waals surface area contributed by atoms with Gasteiger partial charge in [0.05, 0.1) is 0 Å². The molecule has 1 aliphatic rings. The summed E-state index contributed by atoms with van der Waals surface area (Å²) in [6.07, 6.45) is 4.74. The molecule has 2 atom stereocenters. The molecule has 0 bridgehead atoms. The van der Waals surface area contributed by atoms with Gasteiger partial charge in [-0.1, -0.05) is 18.9 Å². The zero-order valence-corrected chi connectivity index (χ0v) is 10.9. The lowest BCUT2D eigenvalue weighted by Gasteiger charge is -2.28. The van der Waals surface area contributed by atoms with Crippen LogP contribution >= 0.6 is 11.6 Å². The molecule has 1 nitrogen and oxygen atoms in total. The number of rotatable bonds is 3. The number of benzene rings is 1. The van der Waals surface area contributed by atoms with Crippen LogP contribution in [0.5, 0.6) is 0 Å². The lowest BCUT2D eigenvalue weighted by molar-refractivity contribution is 0.378. The fourth-order valence-electron chi connectivity index (χ4n) is 2.41. The predicted molar refractivity (Wildman–Crippen MR) is 69.9 cm³/mol. The maximum Gasteiger partial charge on any atom is 0.123 e. The Kier molecular flexibility index (Phi) is 4.41. The molecule has 1 aromatic rings. The number of aryl methyl sites for hydroxylation is 1. The smallest absolute Gasteiger partial charge is 0.123 e. The zero-order valence-electron chi connectivity index (χ0n) is 10.2. The minimum absolute atomic E-state index is 0.167. The molecule has 17 heavy (non-hydrogen) atoms. The molecule has 0 saturated heterocycles. The quantitative estimate of drug-likeness (QED) is 0.811. The van der Waals surface area contributed by atoms with Crippen LogP contribution in [0.2, 0.25) is 0 Å². The number of hydrogen-bond donors (Lipinski definition) is 1. The summed E-state index contributed by atoms with van der Waals surface area (Å²) in [5, 5.41) is 3.73. The Morgan fingerprint density at radius 1 is 1.35 bits per heavy atom. The van der Waals surface area contributed by atoms with Crippen molar-refractivity contribution in [2.24, 2.45) is 0 Å².